The smallest absolute Gasteiger partial charge is 0.346 e. The van der Waals surface area contributed by atoms with Crippen molar-refractivity contribution in [2.75, 3.05) is 12.3 Å². The molecule has 3 N–H and O–H groups in total. The average Bonchev–Trinajstić information content (AvgIpc) is 3.16. The summed E-state index contributed by atoms with van der Waals surface area (Å²) in [4.78, 5) is 40.0. The summed E-state index contributed by atoms with van der Waals surface area (Å²) in [6.45, 7) is 2.15. The van der Waals surface area contributed by atoms with Gasteiger partial charge in [0, 0.05) is 12.2 Å². The molecule has 1 aromatic rings. The molecule has 1 aromatic heterocycles. The number of carboxylic acids is 1. The van der Waals surface area contributed by atoms with Gasteiger partial charge in [-0.3, -0.25) is 4.79 Å². The number of aromatic carboxylic acids is 1. The number of aryl methyl sites for hydroxylation is 1. The lowest BCUT2D eigenvalue weighted by Gasteiger charge is -2.07. The van der Waals surface area contributed by atoms with E-state index in [1.165, 1.54) is 6.92 Å². The molecule has 0 spiro atoms. The number of aromatic nitrogens is 2. The molecular formula is C12H15N3O4S. The number of nitrogens with one attached hydrogen (secondary N) is 2. The van der Waals surface area contributed by atoms with Gasteiger partial charge < -0.3 is 15.4 Å². The van der Waals surface area contributed by atoms with Crippen LogP contribution in [0.1, 0.15) is 28.9 Å². The van der Waals surface area contributed by atoms with Crippen LogP contribution in [-0.4, -0.2) is 39.2 Å². The first-order valence-corrected chi connectivity index (χ1v) is 7.19. The predicted octanol–water partition coefficient (Wildman–Crippen LogP) is 0.395. The van der Waals surface area contributed by atoms with Crippen LogP contribution in [-0.2, 0) is 4.79 Å². The molecule has 0 bridgehead atoms. The standard InChI is InChI=1S/C12H15N3O4S/c1-6-9(11(17)18)10(15-12(19)14-6)20-5-8(16)13-4-7-2-3-7/h7H,2-5H2,1H3,(H,13,16)(H,17,18)(H,14,15,19). The number of rotatable bonds is 6. The third kappa shape index (κ3) is 3.83. The lowest BCUT2D eigenvalue weighted by molar-refractivity contribution is -0.118. The maximum absolute atomic E-state index is 11.6. The first-order valence-electron chi connectivity index (χ1n) is 6.21. The molecular weight excluding hydrogens is 282 g/mol. The van der Waals surface area contributed by atoms with Crippen molar-refractivity contribution in [2.45, 2.75) is 24.8 Å². The van der Waals surface area contributed by atoms with Crippen LogP contribution in [0, 0.1) is 12.8 Å². The van der Waals surface area contributed by atoms with Crippen LogP contribution < -0.4 is 11.0 Å². The molecule has 108 valence electrons. The summed E-state index contributed by atoms with van der Waals surface area (Å²) >= 11 is 0.960. The van der Waals surface area contributed by atoms with Crippen molar-refractivity contribution in [1.29, 1.82) is 0 Å². The third-order valence-corrected chi connectivity index (χ3v) is 3.90. The van der Waals surface area contributed by atoms with Crippen LogP contribution in [0.25, 0.3) is 0 Å². The lowest BCUT2D eigenvalue weighted by atomic mass is 10.2. The number of aromatic amines is 1. The normalized spacial score (nSPS) is 14.1. The molecule has 8 heteroatoms. The highest BCUT2D eigenvalue weighted by Gasteiger charge is 2.22. The van der Waals surface area contributed by atoms with Gasteiger partial charge in [0.05, 0.1) is 5.75 Å². The van der Waals surface area contributed by atoms with Crippen LogP contribution in [0.4, 0.5) is 0 Å². The third-order valence-electron chi connectivity index (χ3n) is 2.93. The van der Waals surface area contributed by atoms with E-state index in [0.717, 1.165) is 24.6 Å². The Morgan fingerprint density at radius 3 is 2.80 bits per heavy atom. The Bertz CT molecular complexity index is 595. The first kappa shape index (κ1) is 14.6. The fourth-order valence-corrected chi connectivity index (χ4v) is 2.58. The minimum atomic E-state index is -1.17. The minimum absolute atomic E-state index is 0.0445. The number of hydrogen-bond acceptors (Lipinski definition) is 5. The van der Waals surface area contributed by atoms with Crippen molar-refractivity contribution < 1.29 is 14.7 Å². The average molecular weight is 297 g/mol. The monoisotopic (exact) mass is 297 g/mol. The van der Waals surface area contributed by atoms with E-state index in [2.05, 4.69) is 15.3 Å². The van der Waals surface area contributed by atoms with E-state index in [4.69, 9.17) is 5.11 Å². The first-order chi connectivity index (χ1) is 9.47. The van der Waals surface area contributed by atoms with Crippen molar-refractivity contribution in [2.24, 2.45) is 5.92 Å². The Morgan fingerprint density at radius 2 is 2.20 bits per heavy atom. The lowest BCUT2D eigenvalue weighted by Crippen LogP contribution is -2.27. The van der Waals surface area contributed by atoms with Gasteiger partial charge in [-0.2, -0.15) is 4.98 Å². The Kier molecular flexibility index (Phi) is 4.43. The summed E-state index contributed by atoms with van der Waals surface area (Å²) in [5, 5.41) is 12.0. The largest absolute Gasteiger partial charge is 0.478 e. The Morgan fingerprint density at radius 1 is 1.50 bits per heavy atom. The van der Waals surface area contributed by atoms with E-state index in [-0.39, 0.29) is 27.9 Å². The minimum Gasteiger partial charge on any atom is -0.478 e. The van der Waals surface area contributed by atoms with E-state index >= 15 is 0 Å². The molecule has 20 heavy (non-hydrogen) atoms. The molecule has 1 aliphatic rings. The number of nitrogens with zero attached hydrogens (tertiary/aromatic N) is 1. The van der Waals surface area contributed by atoms with Crippen LogP contribution in [0.2, 0.25) is 0 Å². The fourth-order valence-electron chi connectivity index (χ4n) is 1.68. The molecule has 0 atom stereocenters. The van der Waals surface area contributed by atoms with E-state index < -0.39 is 11.7 Å². The van der Waals surface area contributed by atoms with Gasteiger partial charge in [-0.25, -0.2) is 9.59 Å². The van der Waals surface area contributed by atoms with Crippen molar-refractivity contribution in [1.82, 2.24) is 15.3 Å². The summed E-state index contributed by atoms with van der Waals surface area (Å²) < 4.78 is 0. The molecule has 1 saturated carbocycles. The van der Waals surface area contributed by atoms with Crippen LogP contribution in [0.5, 0.6) is 0 Å². The molecule has 0 unspecified atom stereocenters. The van der Waals surface area contributed by atoms with Gasteiger partial charge in [0.25, 0.3) is 0 Å². The second-order valence-corrected chi connectivity index (χ2v) is 5.65. The zero-order chi connectivity index (χ0) is 14.7. The number of thioether (sulfide) groups is 1. The van der Waals surface area contributed by atoms with Crippen LogP contribution in [0.3, 0.4) is 0 Å². The number of amides is 1. The molecule has 1 fully saturated rings. The maximum Gasteiger partial charge on any atom is 0.346 e. The second-order valence-electron chi connectivity index (χ2n) is 4.69. The van der Waals surface area contributed by atoms with E-state index in [1.54, 1.807) is 0 Å². The predicted molar refractivity (Wildman–Crippen MR) is 73.0 cm³/mol. The summed E-state index contributed by atoms with van der Waals surface area (Å²) in [6.07, 6.45) is 2.29. The van der Waals surface area contributed by atoms with Gasteiger partial charge in [-0.15, -0.1) is 0 Å². The SMILES string of the molecule is Cc1[nH]c(=O)nc(SCC(=O)NCC2CC2)c1C(=O)O. The molecule has 0 radical (unpaired) electrons. The Balaban J connectivity index is 2.02. The maximum atomic E-state index is 11.6. The fraction of sp³-hybridized carbons (Fsp3) is 0.500. The topological polar surface area (TPSA) is 112 Å². The van der Waals surface area contributed by atoms with E-state index in [9.17, 15) is 14.4 Å². The number of hydrogen-bond donors (Lipinski definition) is 3. The highest BCUT2D eigenvalue weighted by atomic mass is 32.2. The molecule has 1 aliphatic carbocycles. The Hall–Kier alpha value is -1.83. The van der Waals surface area contributed by atoms with E-state index in [1.807, 2.05) is 0 Å². The van der Waals surface area contributed by atoms with E-state index in [0.29, 0.717) is 12.5 Å². The number of carbonyl (C=O) groups is 2. The number of carbonyl (C=O) groups excluding carboxylic acids is 1. The molecule has 1 heterocycles. The molecule has 7 nitrogen and oxygen atoms in total. The molecule has 1 amide bonds. The molecule has 0 saturated heterocycles. The highest BCUT2D eigenvalue weighted by molar-refractivity contribution is 8.00. The summed E-state index contributed by atoms with van der Waals surface area (Å²) in [5.41, 5.74) is -0.448. The Labute approximate surface area is 119 Å². The van der Waals surface area contributed by atoms with Gasteiger partial charge in [0.2, 0.25) is 5.91 Å². The highest BCUT2D eigenvalue weighted by Crippen LogP contribution is 2.27. The molecule has 0 aliphatic heterocycles. The summed E-state index contributed by atoms with van der Waals surface area (Å²) in [6, 6.07) is 0. The van der Waals surface area contributed by atoms with Crippen molar-refractivity contribution in [3.63, 3.8) is 0 Å². The van der Waals surface area contributed by atoms with Gasteiger partial charge in [-0.05, 0) is 25.7 Å². The van der Waals surface area contributed by atoms with Crippen molar-refractivity contribution in [3.05, 3.63) is 21.7 Å². The van der Waals surface area contributed by atoms with Gasteiger partial charge in [0.1, 0.15) is 10.6 Å². The van der Waals surface area contributed by atoms with Crippen molar-refractivity contribution in [3.8, 4) is 0 Å². The van der Waals surface area contributed by atoms with Crippen LogP contribution >= 0.6 is 11.8 Å². The van der Waals surface area contributed by atoms with Gasteiger partial charge >= 0.3 is 11.7 Å². The summed E-state index contributed by atoms with van der Waals surface area (Å²) in [5.74, 6) is -0.730. The summed E-state index contributed by atoms with van der Waals surface area (Å²) in [7, 11) is 0. The number of carboxylic acid groups (broad SMARTS) is 1. The zero-order valence-electron chi connectivity index (χ0n) is 10.9. The second kappa shape index (κ2) is 6.08. The zero-order valence-corrected chi connectivity index (χ0v) is 11.7. The van der Waals surface area contributed by atoms with Crippen LogP contribution in [0.15, 0.2) is 9.82 Å². The number of H-pyrrole nitrogens is 1. The van der Waals surface area contributed by atoms with Gasteiger partial charge in [0.15, 0.2) is 0 Å². The van der Waals surface area contributed by atoms with Gasteiger partial charge in [-0.1, -0.05) is 11.8 Å². The van der Waals surface area contributed by atoms with Crippen molar-refractivity contribution >= 4 is 23.6 Å². The quantitative estimate of drug-likeness (QED) is 0.517. The molecule has 0 aromatic carbocycles. The molecule has 2 rings (SSSR count).